The van der Waals surface area contributed by atoms with E-state index in [0.29, 0.717) is 6.42 Å². The molecule has 0 saturated carbocycles. The molecule has 0 saturated heterocycles. The van der Waals surface area contributed by atoms with Crippen LogP contribution in [-0.2, 0) is 4.79 Å². The highest BCUT2D eigenvalue weighted by Gasteiger charge is 2.25. The maximum absolute atomic E-state index is 10.4. The van der Waals surface area contributed by atoms with Gasteiger partial charge in [-0.05, 0) is 11.6 Å². The van der Waals surface area contributed by atoms with Crippen molar-refractivity contribution in [2.75, 3.05) is 0 Å². The van der Waals surface area contributed by atoms with Crippen LogP contribution in [0.3, 0.4) is 0 Å². The Labute approximate surface area is 94.2 Å². The molecule has 60 valence electrons. The number of hydrogen-bond donors (Lipinski definition) is 0. The largest absolute Gasteiger partial charge is 0.280 e. The zero-order valence-corrected chi connectivity index (χ0v) is 10.9. The third kappa shape index (κ3) is 6.40. The topological polar surface area (TPSA) is 17.1 Å². The van der Waals surface area contributed by atoms with Gasteiger partial charge in [0.25, 0.3) is 0 Å². The molecule has 0 spiro atoms. The molecule has 1 atom stereocenters. The lowest BCUT2D eigenvalue weighted by Gasteiger charge is -2.12. The maximum atomic E-state index is 10.4. The summed E-state index contributed by atoms with van der Waals surface area (Å²) in [6, 6.07) is 0. The van der Waals surface area contributed by atoms with Crippen LogP contribution in [0.25, 0.3) is 0 Å². The second-order valence-electron chi connectivity index (χ2n) is 1.59. The van der Waals surface area contributed by atoms with Gasteiger partial charge in [-0.1, -0.05) is 47.8 Å². The van der Waals surface area contributed by atoms with E-state index in [1.54, 1.807) is 0 Å². The molecule has 0 bridgehead atoms. The minimum atomic E-state index is -0.681. The standard InChI is InChI=1S/C4H3Br3Cl2O/c5-4(6,7)1-2(8)3(9)10/h2H,1H2. The van der Waals surface area contributed by atoms with Crippen LogP contribution in [0, 0.1) is 0 Å². The first-order valence-corrected chi connectivity index (χ1v) is 5.42. The molecule has 0 radical (unpaired) electrons. The van der Waals surface area contributed by atoms with Crippen LogP contribution in [0.5, 0.6) is 0 Å². The van der Waals surface area contributed by atoms with Crippen molar-refractivity contribution in [2.24, 2.45) is 0 Å². The van der Waals surface area contributed by atoms with E-state index in [1.807, 2.05) is 0 Å². The molecule has 0 N–H and O–H groups in total. The van der Waals surface area contributed by atoms with Gasteiger partial charge in [-0.25, -0.2) is 0 Å². The SMILES string of the molecule is O=C(Cl)C(Cl)CC(Br)(Br)Br. The van der Waals surface area contributed by atoms with Gasteiger partial charge in [0.05, 0.1) is 0 Å². The Morgan fingerprint density at radius 2 is 1.90 bits per heavy atom. The fourth-order valence-electron chi connectivity index (χ4n) is 0.283. The number of carbonyl (C=O) groups is 1. The Balaban J connectivity index is 3.80. The molecule has 0 amide bonds. The van der Waals surface area contributed by atoms with Crippen LogP contribution in [0.4, 0.5) is 0 Å². The van der Waals surface area contributed by atoms with Gasteiger partial charge < -0.3 is 0 Å². The maximum Gasteiger partial charge on any atom is 0.239 e. The molecule has 0 aromatic heterocycles. The van der Waals surface area contributed by atoms with E-state index < -0.39 is 12.8 Å². The summed E-state index contributed by atoms with van der Waals surface area (Å²) in [5.74, 6) is 0. The zero-order valence-electron chi connectivity index (χ0n) is 4.58. The fourth-order valence-corrected chi connectivity index (χ4v) is 2.12. The predicted octanol–water partition coefficient (Wildman–Crippen LogP) is 3.59. The smallest absolute Gasteiger partial charge is 0.239 e. The molecule has 0 heterocycles. The average Bonchev–Trinajstić information content (AvgIpc) is 1.60. The molecule has 1 nitrogen and oxygen atoms in total. The molecule has 0 aliphatic carbocycles. The third-order valence-electron chi connectivity index (χ3n) is 0.657. The third-order valence-corrected chi connectivity index (χ3v) is 2.36. The van der Waals surface area contributed by atoms with E-state index in [9.17, 15) is 4.79 Å². The molecule has 1 unspecified atom stereocenters. The van der Waals surface area contributed by atoms with Gasteiger partial charge in [0.2, 0.25) is 5.24 Å². The average molecular weight is 378 g/mol. The van der Waals surface area contributed by atoms with Gasteiger partial charge in [0.1, 0.15) is 7.52 Å². The number of rotatable bonds is 2. The molecule has 6 heteroatoms. The molecule has 0 aliphatic rings. The lowest BCUT2D eigenvalue weighted by Crippen LogP contribution is -2.15. The zero-order chi connectivity index (χ0) is 8.36. The highest BCUT2D eigenvalue weighted by atomic mass is 80.0. The molecule has 0 aromatic carbocycles. The van der Waals surface area contributed by atoms with E-state index in [0.717, 1.165) is 0 Å². The molecule has 0 rings (SSSR count). The van der Waals surface area contributed by atoms with Crippen molar-refractivity contribution in [3.63, 3.8) is 0 Å². The Kier molecular flexibility index (Phi) is 5.44. The van der Waals surface area contributed by atoms with Crippen molar-refractivity contribution in [3.05, 3.63) is 0 Å². The molecule has 0 fully saturated rings. The van der Waals surface area contributed by atoms with E-state index in [4.69, 9.17) is 23.2 Å². The van der Waals surface area contributed by atoms with Gasteiger partial charge in [0.15, 0.2) is 0 Å². The highest BCUT2D eigenvalue weighted by Crippen LogP contribution is 2.39. The van der Waals surface area contributed by atoms with Gasteiger partial charge in [-0.15, -0.1) is 11.6 Å². The van der Waals surface area contributed by atoms with Crippen LogP contribution in [0.1, 0.15) is 6.42 Å². The van der Waals surface area contributed by atoms with E-state index in [1.165, 1.54) is 0 Å². The summed E-state index contributed by atoms with van der Waals surface area (Å²) < 4.78 is -0.496. The highest BCUT2D eigenvalue weighted by molar-refractivity contribution is 9.39. The Bertz CT molecular complexity index is 133. The van der Waals surface area contributed by atoms with Crippen molar-refractivity contribution in [1.29, 1.82) is 0 Å². The predicted molar refractivity (Wildman–Crippen MR) is 54.6 cm³/mol. The second-order valence-corrected chi connectivity index (χ2v) is 9.74. The lowest BCUT2D eigenvalue weighted by atomic mass is 10.4. The Morgan fingerprint density at radius 1 is 1.50 bits per heavy atom. The summed E-state index contributed by atoms with van der Waals surface area (Å²) >= 11 is 20.2. The van der Waals surface area contributed by atoms with E-state index >= 15 is 0 Å². The summed E-state index contributed by atoms with van der Waals surface area (Å²) in [6.45, 7) is 0. The molecule has 10 heavy (non-hydrogen) atoms. The van der Waals surface area contributed by atoms with Crippen molar-refractivity contribution < 1.29 is 4.79 Å². The summed E-state index contributed by atoms with van der Waals surface area (Å²) in [7, 11) is 0. The number of halogens is 5. The number of carbonyl (C=O) groups excluding carboxylic acids is 1. The van der Waals surface area contributed by atoms with E-state index in [2.05, 4.69) is 47.8 Å². The minimum Gasteiger partial charge on any atom is -0.280 e. The van der Waals surface area contributed by atoms with Crippen molar-refractivity contribution in [3.8, 4) is 0 Å². The second kappa shape index (κ2) is 4.65. The van der Waals surface area contributed by atoms with Crippen LogP contribution in [0.15, 0.2) is 0 Å². The fraction of sp³-hybridized carbons (Fsp3) is 0.750. The van der Waals surface area contributed by atoms with Crippen molar-refractivity contribution in [2.45, 2.75) is 13.9 Å². The minimum absolute atomic E-state index is 0.372. The van der Waals surface area contributed by atoms with Crippen LogP contribution >= 0.6 is 71.0 Å². The quantitative estimate of drug-likeness (QED) is 0.531. The van der Waals surface area contributed by atoms with Gasteiger partial charge >= 0.3 is 0 Å². The van der Waals surface area contributed by atoms with Gasteiger partial charge in [0, 0.05) is 6.42 Å². The molecular formula is C4H3Br3Cl2O. The molecular weight excluding hydrogens is 375 g/mol. The number of hydrogen-bond acceptors (Lipinski definition) is 1. The summed E-state index contributed by atoms with van der Waals surface area (Å²) in [5, 5.41) is -1.23. The van der Waals surface area contributed by atoms with E-state index in [-0.39, 0.29) is 0 Å². The van der Waals surface area contributed by atoms with Crippen molar-refractivity contribution >= 4 is 76.2 Å². The monoisotopic (exact) mass is 374 g/mol. The summed E-state index contributed by atoms with van der Waals surface area (Å²) in [5.41, 5.74) is 0. The lowest BCUT2D eigenvalue weighted by molar-refractivity contribution is -0.111. The van der Waals surface area contributed by atoms with Crippen molar-refractivity contribution in [1.82, 2.24) is 0 Å². The van der Waals surface area contributed by atoms with Crippen LogP contribution in [0.2, 0.25) is 0 Å². The Morgan fingerprint density at radius 3 is 2.00 bits per heavy atom. The van der Waals surface area contributed by atoms with Gasteiger partial charge in [-0.2, -0.15) is 0 Å². The summed E-state index contributed by atoms with van der Waals surface area (Å²) in [6.07, 6.45) is 0.372. The van der Waals surface area contributed by atoms with Gasteiger partial charge in [-0.3, -0.25) is 4.79 Å². The first-order valence-electron chi connectivity index (χ1n) is 2.23. The van der Waals surface area contributed by atoms with Crippen LogP contribution < -0.4 is 0 Å². The summed E-state index contributed by atoms with van der Waals surface area (Å²) in [4.78, 5) is 10.4. The molecule has 0 aliphatic heterocycles. The normalized spacial score (nSPS) is 14.9. The Hall–Kier alpha value is 1.69. The number of alkyl halides is 4. The first kappa shape index (κ1) is 11.7. The van der Waals surface area contributed by atoms with Crippen LogP contribution in [-0.4, -0.2) is 12.8 Å². The molecule has 0 aromatic rings. The first-order chi connectivity index (χ1) is 4.33.